The first-order valence-corrected chi connectivity index (χ1v) is 9.14. The fourth-order valence-corrected chi connectivity index (χ4v) is 4.67. The first-order valence-electron chi connectivity index (χ1n) is 3.73. The van der Waals surface area contributed by atoms with Crippen LogP contribution >= 0.6 is 37.3 Å². The largest absolute Gasteiger partial charge is 0.262 e. The first kappa shape index (κ1) is 14.2. The summed E-state index contributed by atoms with van der Waals surface area (Å²) < 4.78 is 44.8. The minimum Gasteiger partial charge on any atom is -0.207 e. The molecule has 0 atom stereocenters. The molecule has 0 heterocycles. The molecule has 0 amide bonds. The maximum absolute atomic E-state index is 11.2. The van der Waals surface area contributed by atoms with E-state index in [1.807, 2.05) is 0 Å². The lowest BCUT2D eigenvalue weighted by Gasteiger charge is -2.06. The molecular weight excluding hydrogens is 363 g/mol. The summed E-state index contributed by atoms with van der Waals surface area (Å²) in [7, 11) is 2.26. The van der Waals surface area contributed by atoms with Gasteiger partial charge in [0.05, 0.1) is 9.79 Å². The van der Waals surface area contributed by atoms with Crippen molar-refractivity contribution in [3.05, 3.63) is 22.2 Å². The Morgan fingerprint density at radius 2 is 1.44 bits per heavy atom. The van der Waals surface area contributed by atoms with Crippen LogP contribution < -0.4 is 0 Å². The number of aryl methyl sites for hydroxylation is 1. The second-order valence-electron chi connectivity index (χ2n) is 2.92. The molecule has 0 radical (unpaired) electrons. The monoisotopic (exact) mass is 366 g/mol. The Hall–Kier alpha value is 0.180. The van der Waals surface area contributed by atoms with E-state index in [0.717, 1.165) is 6.07 Å². The van der Waals surface area contributed by atoms with Crippen LogP contribution in [-0.2, 0) is 18.1 Å². The van der Waals surface area contributed by atoms with E-state index in [1.54, 1.807) is 0 Å². The Labute approximate surface area is 111 Å². The summed E-state index contributed by atoms with van der Waals surface area (Å²) >= 11 is 2.98. The average Bonchev–Trinajstić information content (AvgIpc) is 1.97. The maximum Gasteiger partial charge on any atom is 0.262 e. The van der Waals surface area contributed by atoms with Gasteiger partial charge in [0.2, 0.25) is 0 Å². The molecule has 0 aliphatic rings. The van der Waals surface area contributed by atoms with Crippen molar-refractivity contribution in [1.82, 2.24) is 0 Å². The highest BCUT2D eigenvalue weighted by Gasteiger charge is 2.21. The van der Waals surface area contributed by atoms with E-state index in [9.17, 15) is 16.8 Å². The molecule has 90 valence electrons. The van der Waals surface area contributed by atoms with Gasteiger partial charge in [0.15, 0.2) is 0 Å². The number of hydrogen-bond acceptors (Lipinski definition) is 4. The molecular formula is C7H5BrCl2O4S2. The van der Waals surface area contributed by atoms with Gasteiger partial charge >= 0.3 is 0 Å². The summed E-state index contributed by atoms with van der Waals surface area (Å²) in [5, 5.41) is 0. The van der Waals surface area contributed by atoms with Crippen molar-refractivity contribution in [2.75, 3.05) is 0 Å². The Morgan fingerprint density at radius 3 is 1.81 bits per heavy atom. The number of benzene rings is 1. The predicted molar refractivity (Wildman–Crippen MR) is 65.0 cm³/mol. The van der Waals surface area contributed by atoms with Gasteiger partial charge in [-0.15, -0.1) is 0 Å². The Bertz CT molecular complexity index is 583. The topological polar surface area (TPSA) is 68.3 Å². The Kier molecular flexibility index (Phi) is 3.96. The SMILES string of the molecule is Cc1cc(Br)c(S(=O)(=O)Cl)cc1S(=O)(=O)Cl. The van der Waals surface area contributed by atoms with Gasteiger partial charge in [0.25, 0.3) is 18.1 Å². The van der Waals surface area contributed by atoms with Crippen LogP contribution in [0.4, 0.5) is 0 Å². The molecule has 0 fully saturated rings. The quantitative estimate of drug-likeness (QED) is 0.753. The molecule has 9 heteroatoms. The smallest absolute Gasteiger partial charge is 0.207 e. The van der Waals surface area contributed by atoms with E-state index in [2.05, 4.69) is 15.9 Å². The fourth-order valence-electron chi connectivity index (χ4n) is 1.08. The van der Waals surface area contributed by atoms with E-state index >= 15 is 0 Å². The highest BCUT2D eigenvalue weighted by atomic mass is 79.9. The zero-order valence-electron chi connectivity index (χ0n) is 7.74. The summed E-state index contributed by atoms with van der Waals surface area (Å²) in [5.74, 6) is 0. The van der Waals surface area contributed by atoms with Crippen LogP contribution in [0.2, 0.25) is 0 Å². The van der Waals surface area contributed by atoms with E-state index in [1.165, 1.54) is 13.0 Å². The molecule has 0 unspecified atom stereocenters. The molecule has 16 heavy (non-hydrogen) atoms. The van der Waals surface area contributed by atoms with Crippen molar-refractivity contribution in [3.63, 3.8) is 0 Å². The molecule has 1 aromatic carbocycles. The van der Waals surface area contributed by atoms with Gasteiger partial charge < -0.3 is 0 Å². The molecule has 4 nitrogen and oxygen atoms in total. The summed E-state index contributed by atoms with van der Waals surface area (Å²) in [6.45, 7) is 1.49. The molecule has 0 bridgehead atoms. The van der Waals surface area contributed by atoms with Gasteiger partial charge in [-0.1, -0.05) is 0 Å². The zero-order chi connectivity index (χ0) is 12.7. The molecule has 0 aliphatic carbocycles. The molecule has 0 aliphatic heterocycles. The molecule has 1 rings (SSSR count). The van der Waals surface area contributed by atoms with E-state index < -0.39 is 18.1 Å². The van der Waals surface area contributed by atoms with E-state index in [-0.39, 0.29) is 14.3 Å². The Morgan fingerprint density at radius 1 is 1.00 bits per heavy atom. The molecule has 0 spiro atoms. The third kappa shape index (κ3) is 3.10. The van der Waals surface area contributed by atoms with Crippen molar-refractivity contribution >= 4 is 55.4 Å². The van der Waals surface area contributed by atoms with Crippen LogP contribution in [0.25, 0.3) is 0 Å². The van der Waals surface area contributed by atoms with Gasteiger partial charge in [-0.05, 0) is 40.5 Å². The zero-order valence-corrected chi connectivity index (χ0v) is 12.5. The van der Waals surface area contributed by atoms with Crippen LogP contribution in [0.1, 0.15) is 5.56 Å². The van der Waals surface area contributed by atoms with Gasteiger partial charge in [-0.2, -0.15) is 0 Å². The van der Waals surface area contributed by atoms with E-state index in [0.29, 0.717) is 5.56 Å². The minimum atomic E-state index is -4.03. The fraction of sp³-hybridized carbons (Fsp3) is 0.143. The van der Waals surface area contributed by atoms with Gasteiger partial charge in [-0.3, -0.25) is 0 Å². The van der Waals surface area contributed by atoms with Crippen molar-refractivity contribution in [1.29, 1.82) is 0 Å². The van der Waals surface area contributed by atoms with Crippen LogP contribution in [0, 0.1) is 6.92 Å². The van der Waals surface area contributed by atoms with Crippen LogP contribution in [-0.4, -0.2) is 16.8 Å². The average molecular weight is 368 g/mol. The van der Waals surface area contributed by atoms with Gasteiger partial charge in [0.1, 0.15) is 0 Å². The summed E-state index contributed by atoms with van der Waals surface area (Å²) in [4.78, 5) is -0.615. The van der Waals surface area contributed by atoms with Crippen LogP contribution in [0.15, 0.2) is 26.4 Å². The summed E-state index contributed by atoms with van der Waals surface area (Å²) in [6, 6.07) is 2.24. The van der Waals surface area contributed by atoms with Crippen LogP contribution in [0.3, 0.4) is 0 Å². The second-order valence-corrected chi connectivity index (χ2v) is 8.85. The summed E-state index contributed by atoms with van der Waals surface area (Å²) in [5.41, 5.74) is 0.325. The van der Waals surface area contributed by atoms with Crippen molar-refractivity contribution < 1.29 is 16.8 Å². The molecule has 0 aromatic heterocycles. The normalized spacial score (nSPS) is 12.8. The lowest BCUT2D eigenvalue weighted by Crippen LogP contribution is -2.00. The van der Waals surface area contributed by atoms with E-state index in [4.69, 9.17) is 21.4 Å². The number of hydrogen-bond donors (Lipinski definition) is 0. The van der Waals surface area contributed by atoms with Crippen molar-refractivity contribution in [2.45, 2.75) is 16.7 Å². The predicted octanol–water partition coefficient (Wildman–Crippen LogP) is 2.61. The lowest BCUT2D eigenvalue weighted by atomic mass is 10.2. The highest BCUT2D eigenvalue weighted by molar-refractivity contribution is 9.10. The molecule has 0 N–H and O–H groups in total. The maximum atomic E-state index is 11.2. The molecule has 0 saturated carbocycles. The lowest BCUT2D eigenvalue weighted by molar-refractivity contribution is 0.607. The first-order chi connectivity index (χ1) is 7.03. The van der Waals surface area contributed by atoms with Crippen molar-refractivity contribution in [2.24, 2.45) is 0 Å². The number of halogens is 3. The number of rotatable bonds is 2. The highest BCUT2D eigenvalue weighted by Crippen LogP contribution is 2.31. The van der Waals surface area contributed by atoms with Crippen LogP contribution in [0.5, 0.6) is 0 Å². The second kappa shape index (κ2) is 4.45. The third-order valence-corrected chi connectivity index (χ3v) is 5.50. The van der Waals surface area contributed by atoms with Gasteiger partial charge in [-0.25, -0.2) is 16.8 Å². The third-order valence-electron chi connectivity index (χ3n) is 1.75. The minimum absolute atomic E-state index is 0.184. The summed E-state index contributed by atoms with van der Waals surface area (Å²) in [6.07, 6.45) is 0. The van der Waals surface area contributed by atoms with Crippen molar-refractivity contribution in [3.8, 4) is 0 Å². The molecule has 1 aromatic rings. The molecule has 0 saturated heterocycles. The standard InChI is InChI=1S/C7H5BrCl2O4S2/c1-4-2-5(8)7(16(10,13)14)3-6(4)15(9,11)12/h2-3H,1H3. The van der Waals surface area contributed by atoms with Gasteiger partial charge in [0, 0.05) is 25.8 Å². The Balaban J connectivity index is 3.72.